The lowest BCUT2D eigenvalue weighted by Gasteiger charge is -2.52. The predicted octanol–water partition coefficient (Wildman–Crippen LogP) is 8.06. The van der Waals surface area contributed by atoms with Gasteiger partial charge in [-0.1, -0.05) is 40.5 Å². The molecule has 7 rings (SSSR count). The molecule has 4 saturated carbocycles. The Balaban J connectivity index is 1.18. The molecule has 39 heavy (non-hydrogen) atoms. The van der Waals surface area contributed by atoms with Crippen LogP contribution in [0.5, 0.6) is 11.5 Å². The number of aromatic nitrogens is 2. The van der Waals surface area contributed by atoms with Crippen LogP contribution in [0.3, 0.4) is 0 Å². The van der Waals surface area contributed by atoms with Crippen LogP contribution in [-0.2, 0) is 0 Å². The fraction of sp³-hybridized carbons (Fsp3) is 0.433. The summed E-state index contributed by atoms with van der Waals surface area (Å²) in [6.07, 6.45) is 16.3. The number of carboxylic acid groups (broad SMARTS) is 1. The Bertz CT molecular complexity index is 1400. The predicted molar refractivity (Wildman–Crippen MR) is 149 cm³/mol. The number of rotatable bonds is 9. The van der Waals surface area contributed by atoms with Crippen molar-refractivity contribution in [3.8, 4) is 22.8 Å². The number of fused-ring (bicyclic) bond motifs is 3. The van der Waals surface area contributed by atoms with Crippen LogP contribution in [0.1, 0.15) is 79.0 Å². The van der Waals surface area contributed by atoms with Gasteiger partial charge in [-0.3, -0.25) is 4.98 Å². The number of methoxy groups -OCH3 is 1. The van der Waals surface area contributed by atoms with E-state index in [-0.39, 0.29) is 16.4 Å². The summed E-state index contributed by atoms with van der Waals surface area (Å²) in [7, 11) is 1.52. The number of benzene rings is 1. The first-order chi connectivity index (χ1) is 18.8. The molecule has 204 valence electrons. The highest BCUT2D eigenvalue weighted by Gasteiger charge is 2.48. The van der Waals surface area contributed by atoms with Crippen LogP contribution in [0.15, 0.2) is 41.2 Å². The van der Waals surface area contributed by atoms with Gasteiger partial charge in [0, 0.05) is 40.9 Å². The van der Waals surface area contributed by atoms with E-state index in [0.29, 0.717) is 45.3 Å². The van der Waals surface area contributed by atoms with Gasteiger partial charge in [-0.25, -0.2) is 4.79 Å². The van der Waals surface area contributed by atoms with Crippen LogP contribution in [-0.4, -0.2) is 34.9 Å². The molecule has 0 atom stereocenters. The van der Waals surface area contributed by atoms with E-state index in [2.05, 4.69) is 22.3 Å². The van der Waals surface area contributed by atoms with Crippen molar-refractivity contribution in [2.45, 2.75) is 57.3 Å². The molecule has 1 N–H and O–H groups in total. The zero-order chi connectivity index (χ0) is 27.2. The van der Waals surface area contributed by atoms with E-state index in [9.17, 15) is 9.90 Å². The van der Waals surface area contributed by atoms with E-state index >= 15 is 0 Å². The van der Waals surface area contributed by atoms with Crippen molar-refractivity contribution in [1.82, 2.24) is 10.1 Å². The van der Waals surface area contributed by atoms with Gasteiger partial charge in [0.05, 0.1) is 29.3 Å². The molecule has 4 fully saturated rings. The maximum atomic E-state index is 11.5. The van der Waals surface area contributed by atoms with Crippen LogP contribution in [0, 0.1) is 10.8 Å². The smallest absolute Gasteiger partial charge is 0.335 e. The van der Waals surface area contributed by atoms with E-state index in [1.54, 1.807) is 24.5 Å². The van der Waals surface area contributed by atoms with Gasteiger partial charge in [-0.15, -0.1) is 0 Å². The average Bonchev–Trinajstić information content (AvgIpc) is 3.71. The highest BCUT2D eigenvalue weighted by Crippen LogP contribution is 2.58. The molecule has 2 heterocycles. The number of pyridine rings is 1. The fourth-order valence-corrected chi connectivity index (χ4v) is 6.62. The summed E-state index contributed by atoms with van der Waals surface area (Å²) < 4.78 is 17.3. The van der Waals surface area contributed by atoms with E-state index in [4.69, 9.17) is 37.2 Å². The molecule has 4 aliphatic carbocycles. The normalized spacial score (nSPS) is 24.3. The van der Waals surface area contributed by atoms with E-state index in [0.717, 1.165) is 62.7 Å². The van der Waals surface area contributed by atoms with E-state index < -0.39 is 5.97 Å². The summed E-state index contributed by atoms with van der Waals surface area (Å²) >= 11 is 13.0. The number of carbonyl (C=O) groups is 1. The number of nitrogens with zero attached hydrogens (tertiary/aromatic N) is 2. The van der Waals surface area contributed by atoms with Gasteiger partial charge in [0.1, 0.15) is 23.0 Å². The second kappa shape index (κ2) is 10.2. The lowest BCUT2D eigenvalue weighted by molar-refractivity contribution is -0.0123. The first kappa shape index (κ1) is 26.2. The summed E-state index contributed by atoms with van der Waals surface area (Å²) in [6.45, 7) is 0.569. The molecule has 2 bridgehead atoms. The van der Waals surface area contributed by atoms with Gasteiger partial charge in [0.15, 0.2) is 0 Å². The quantitative estimate of drug-likeness (QED) is 0.279. The van der Waals surface area contributed by atoms with Crippen LogP contribution in [0.4, 0.5) is 0 Å². The maximum Gasteiger partial charge on any atom is 0.335 e. The molecule has 1 aromatic carbocycles. The summed E-state index contributed by atoms with van der Waals surface area (Å²) in [5, 5.41) is 14.7. The highest BCUT2D eigenvalue weighted by molar-refractivity contribution is 6.39. The molecule has 4 aliphatic rings. The topological polar surface area (TPSA) is 94.7 Å². The first-order valence-corrected chi connectivity index (χ1v) is 14.1. The molecule has 9 heteroatoms. The second-order valence-corrected chi connectivity index (χ2v) is 12.1. The van der Waals surface area contributed by atoms with Crippen molar-refractivity contribution >= 4 is 35.2 Å². The monoisotopic (exact) mass is 568 g/mol. The maximum absolute atomic E-state index is 11.5. The third-order valence-electron chi connectivity index (χ3n) is 8.77. The summed E-state index contributed by atoms with van der Waals surface area (Å²) in [6, 6.07) is 4.81. The third-order valence-corrected chi connectivity index (χ3v) is 9.34. The minimum Gasteiger partial charge on any atom is -0.497 e. The molecule has 0 aliphatic heterocycles. The highest BCUT2D eigenvalue weighted by atomic mass is 35.5. The van der Waals surface area contributed by atoms with Crippen LogP contribution < -0.4 is 9.47 Å². The van der Waals surface area contributed by atoms with Gasteiger partial charge < -0.3 is 19.1 Å². The molecule has 7 nitrogen and oxygen atoms in total. The first-order valence-electron chi connectivity index (χ1n) is 13.3. The molecule has 0 amide bonds. The van der Waals surface area contributed by atoms with Crippen molar-refractivity contribution in [3.05, 3.63) is 63.6 Å². The standard InChI is InChI=1S/C30H30Cl2N2O5/c1-37-20-12-19(28(35)36)13-21(14-20)38-17-30-9-6-29(7-10-30,8-11-30)5-4-22-26(34-39-27(22)18-2-3-18)25-23(31)15-33-16-24(25)32/h4-5,12-16,18H,2-3,6-11,17H2,1H3,(H,35,36)/b5-4+. The SMILES string of the molecule is COc1cc(OCC23CCC(/C=C/c4c(-c5c(Cl)cncc5Cl)noc4C4CC4)(CC2)CC3)cc(C(=O)O)c1. The van der Waals surface area contributed by atoms with Gasteiger partial charge in [-0.05, 0) is 68.9 Å². The lowest BCUT2D eigenvalue weighted by atomic mass is 9.54. The molecule has 0 radical (unpaired) electrons. The number of aromatic carboxylic acids is 1. The minimum absolute atomic E-state index is 0.0989. The number of ether oxygens (including phenoxy) is 2. The summed E-state index contributed by atoms with van der Waals surface area (Å²) in [5.74, 6) is 1.31. The molecule has 0 saturated heterocycles. The van der Waals surface area contributed by atoms with Crippen molar-refractivity contribution < 1.29 is 23.9 Å². The summed E-state index contributed by atoms with van der Waals surface area (Å²) in [5.41, 5.74) is 2.69. The zero-order valence-corrected chi connectivity index (χ0v) is 23.2. The Morgan fingerprint density at radius 3 is 2.36 bits per heavy atom. The Morgan fingerprint density at radius 2 is 1.74 bits per heavy atom. The lowest BCUT2D eigenvalue weighted by Crippen LogP contribution is -2.43. The van der Waals surface area contributed by atoms with Crippen molar-refractivity contribution in [3.63, 3.8) is 0 Å². The van der Waals surface area contributed by atoms with Crippen LogP contribution in [0.2, 0.25) is 10.0 Å². The van der Waals surface area contributed by atoms with Crippen LogP contribution >= 0.6 is 23.2 Å². The van der Waals surface area contributed by atoms with Gasteiger partial charge in [0.25, 0.3) is 0 Å². The van der Waals surface area contributed by atoms with Crippen molar-refractivity contribution in [2.24, 2.45) is 10.8 Å². The molecule has 2 aromatic heterocycles. The second-order valence-electron chi connectivity index (χ2n) is 11.2. The van der Waals surface area contributed by atoms with Gasteiger partial charge >= 0.3 is 5.97 Å². The summed E-state index contributed by atoms with van der Waals surface area (Å²) in [4.78, 5) is 15.6. The third kappa shape index (κ3) is 5.14. The van der Waals surface area contributed by atoms with Crippen LogP contribution in [0.25, 0.3) is 17.3 Å². The molecule has 0 unspecified atom stereocenters. The number of hydrogen-bond donors (Lipinski definition) is 1. The number of allylic oxidation sites excluding steroid dienone is 1. The minimum atomic E-state index is -1.00. The largest absolute Gasteiger partial charge is 0.497 e. The fourth-order valence-electron chi connectivity index (χ4n) is 6.08. The van der Waals surface area contributed by atoms with E-state index in [1.807, 2.05) is 0 Å². The van der Waals surface area contributed by atoms with Gasteiger partial charge in [0.2, 0.25) is 0 Å². The Hall–Kier alpha value is -3.03. The molecule has 0 spiro atoms. The van der Waals surface area contributed by atoms with Crippen molar-refractivity contribution in [2.75, 3.05) is 13.7 Å². The number of hydrogen-bond acceptors (Lipinski definition) is 6. The average molecular weight is 569 g/mol. The van der Waals surface area contributed by atoms with E-state index in [1.165, 1.54) is 13.2 Å². The Kier molecular flexibility index (Phi) is 6.84. The zero-order valence-electron chi connectivity index (χ0n) is 21.7. The number of carboxylic acids is 1. The van der Waals surface area contributed by atoms with Gasteiger partial charge in [-0.2, -0.15) is 0 Å². The molecule has 3 aromatic rings. The van der Waals surface area contributed by atoms with Crippen molar-refractivity contribution in [1.29, 1.82) is 0 Å². The molecular weight excluding hydrogens is 539 g/mol. The Morgan fingerprint density at radius 1 is 1.08 bits per heavy atom. The Labute approximate surface area is 237 Å². The molecular formula is C30H30Cl2N2O5. The number of halogens is 2.